The van der Waals surface area contributed by atoms with E-state index in [2.05, 4.69) is 20.6 Å². The van der Waals surface area contributed by atoms with E-state index in [1.165, 1.54) is 12.4 Å². The molecule has 7 nitrogen and oxygen atoms in total. The van der Waals surface area contributed by atoms with E-state index in [0.29, 0.717) is 24.5 Å². The van der Waals surface area contributed by atoms with Gasteiger partial charge < -0.3 is 15.5 Å². The number of anilines is 1. The second-order valence-electron chi connectivity index (χ2n) is 4.76. The minimum atomic E-state index is -0.246. The third-order valence-electron chi connectivity index (χ3n) is 3.18. The Bertz CT molecular complexity index is 488. The van der Waals surface area contributed by atoms with Gasteiger partial charge in [0.25, 0.3) is 5.91 Å². The molecule has 0 aromatic carbocycles. The summed E-state index contributed by atoms with van der Waals surface area (Å²) < 4.78 is 0. The van der Waals surface area contributed by atoms with Crippen molar-refractivity contribution in [1.29, 1.82) is 0 Å². The molecule has 0 radical (unpaired) electrons. The van der Waals surface area contributed by atoms with Crippen LogP contribution >= 0.6 is 0 Å². The summed E-state index contributed by atoms with van der Waals surface area (Å²) in [6.45, 7) is 3.35. The standard InChI is InChI=1S/C13H19N5O2/c1-3-4-18-8-10(5-11(18)19)17-12(20)9-6-15-13(14-2)16-7-9/h6-7,10H,3-5,8H2,1-2H3,(H,17,20)(H,14,15,16)/t10-/m0/s1. The zero-order valence-corrected chi connectivity index (χ0v) is 11.7. The molecule has 0 aliphatic carbocycles. The monoisotopic (exact) mass is 277 g/mol. The van der Waals surface area contributed by atoms with E-state index < -0.39 is 0 Å². The van der Waals surface area contributed by atoms with Gasteiger partial charge in [-0.15, -0.1) is 0 Å². The van der Waals surface area contributed by atoms with Gasteiger partial charge in [-0.3, -0.25) is 9.59 Å². The van der Waals surface area contributed by atoms with Gasteiger partial charge in [0.2, 0.25) is 11.9 Å². The summed E-state index contributed by atoms with van der Waals surface area (Å²) in [5.41, 5.74) is 0.394. The highest BCUT2D eigenvalue weighted by molar-refractivity contribution is 5.94. The maximum absolute atomic E-state index is 12.0. The summed E-state index contributed by atoms with van der Waals surface area (Å²) >= 11 is 0. The molecule has 0 spiro atoms. The van der Waals surface area contributed by atoms with E-state index in [1.54, 1.807) is 11.9 Å². The Morgan fingerprint density at radius 2 is 2.15 bits per heavy atom. The molecule has 2 heterocycles. The Balaban J connectivity index is 1.93. The van der Waals surface area contributed by atoms with Crippen molar-refractivity contribution in [3.05, 3.63) is 18.0 Å². The summed E-state index contributed by atoms with van der Waals surface area (Å²) in [6.07, 6.45) is 4.22. The van der Waals surface area contributed by atoms with Gasteiger partial charge >= 0.3 is 0 Å². The number of amides is 2. The van der Waals surface area contributed by atoms with Crippen LogP contribution in [0.5, 0.6) is 0 Å². The average Bonchev–Trinajstić information content (AvgIpc) is 2.79. The summed E-state index contributed by atoms with van der Waals surface area (Å²) in [6, 6.07) is -0.134. The quantitative estimate of drug-likeness (QED) is 0.806. The van der Waals surface area contributed by atoms with Crippen molar-refractivity contribution < 1.29 is 9.59 Å². The van der Waals surface area contributed by atoms with E-state index in [1.807, 2.05) is 6.92 Å². The predicted molar refractivity (Wildman–Crippen MR) is 74.3 cm³/mol. The Hall–Kier alpha value is -2.18. The third kappa shape index (κ3) is 3.23. The number of hydrogen-bond donors (Lipinski definition) is 2. The molecule has 1 aromatic heterocycles. The lowest BCUT2D eigenvalue weighted by atomic mass is 10.2. The molecule has 2 amide bonds. The Morgan fingerprint density at radius 3 is 2.75 bits per heavy atom. The summed E-state index contributed by atoms with van der Waals surface area (Å²) in [5.74, 6) is 0.314. The maximum atomic E-state index is 12.0. The lowest BCUT2D eigenvalue weighted by molar-refractivity contribution is -0.127. The SMILES string of the molecule is CCCN1C[C@@H](NC(=O)c2cnc(NC)nc2)CC1=O. The number of aromatic nitrogens is 2. The molecule has 20 heavy (non-hydrogen) atoms. The Kier molecular flexibility index (Phi) is 4.49. The van der Waals surface area contributed by atoms with Crippen molar-refractivity contribution in [2.45, 2.75) is 25.8 Å². The lowest BCUT2D eigenvalue weighted by Gasteiger charge is -2.15. The molecule has 1 atom stereocenters. The maximum Gasteiger partial charge on any atom is 0.254 e. The van der Waals surface area contributed by atoms with Crippen LogP contribution in [0.25, 0.3) is 0 Å². The first-order chi connectivity index (χ1) is 9.63. The number of carbonyl (C=O) groups excluding carboxylic acids is 2. The van der Waals surface area contributed by atoms with Crippen LogP contribution in [0.1, 0.15) is 30.1 Å². The molecule has 108 valence electrons. The van der Waals surface area contributed by atoms with Crippen LogP contribution in [-0.2, 0) is 4.79 Å². The second kappa shape index (κ2) is 6.31. The number of carbonyl (C=O) groups is 2. The van der Waals surface area contributed by atoms with Crippen LogP contribution in [0.15, 0.2) is 12.4 Å². The van der Waals surface area contributed by atoms with Crippen LogP contribution < -0.4 is 10.6 Å². The molecular weight excluding hydrogens is 258 g/mol. The fraction of sp³-hybridized carbons (Fsp3) is 0.538. The van der Waals surface area contributed by atoms with Crippen LogP contribution in [-0.4, -0.2) is 52.9 Å². The number of nitrogens with zero attached hydrogens (tertiary/aromatic N) is 3. The molecule has 2 N–H and O–H groups in total. The van der Waals surface area contributed by atoms with E-state index in [-0.39, 0.29) is 17.9 Å². The molecule has 7 heteroatoms. The first kappa shape index (κ1) is 14.2. The highest BCUT2D eigenvalue weighted by Crippen LogP contribution is 2.12. The number of nitrogens with one attached hydrogen (secondary N) is 2. The Morgan fingerprint density at radius 1 is 1.45 bits per heavy atom. The van der Waals surface area contributed by atoms with Crippen molar-refractivity contribution in [2.24, 2.45) is 0 Å². The van der Waals surface area contributed by atoms with E-state index in [9.17, 15) is 9.59 Å². The smallest absolute Gasteiger partial charge is 0.254 e. The third-order valence-corrected chi connectivity index (χ3v) is 3.18. The molecule has 0 saturated carbocycles. The molecule has 1 aromatic rings. The largest absolute Gasteiger partial charge is 0.357 e. The van der Waals surface area contributed by atoms with Gasteiger partial charge in [0, 0.05) is 39.0 Å². The van der Waals surface area contributed by atoms with Crippen LogP contribution in [0.3, 0.4) is 0 Å². The van der Waals surface area contributed by atoms with Crippen LogP contribution in [0.2, 0.25) is 0 Å². The van der Waals surface area contributed by atoms with Gasteiger partial charge in [0.15, 0.2) is 0 Å². The number of rotatable bonds is 5. The number of likely N-dealkylation sites (tertiary alicyclic amines) is 1. The van der Waals surface area contributed by atoms with Crippen molar-refractivity contribution in [3.63, 3.8) is 0 Å². The van der Waals surface area contributed by atoms with Gasteiger partial charge in [-0.1, -0.05) is 6.92 Å². The molecule has 2 rings (SSSR count). The molecule has 1 saturated heterocycles. The van der Waals surface area contributed by atoms with Gasteiger partial charge in [0.1, 0.15) is 0 Å². The van der Waals surface area contributed by atoms with Crippen LogP contribution in [0, 0.1) is 0 Å². The minimum Gasteiger partial charge on any atom is -0.357 e. The van der Waals surface area contributed by atoms with Crippen molar-refractivity contribution >= 4 is 17.8 Å². The highest BCUT2D eigenvalue weighted by Gasteiger charge is 2.30. The fourth-order valence-corrected chi connectivity index (χ4v) is 2.20. The zero-order chi connectivity index (χ0) is 14.5. The molecule has 0 bridgehead atoms. The Labute approximate surface area is 117 Å². The predicted octanol–water partition coefficient (Wildman–Crippen LogP) is 0.259. The molecule has 1 fully saturated rings. The van der Waals surface area contributed by atoms with Crippen molar-refractivity contribution in [2.75, 3.05) is 25.5 Å². The molecular formula is C13H19N5O2. The van der Waals surface area contributed by atoms with E-state index >= 15 is 0 Å². The van der Waals surface area contributed by atoms with Gasteiger partial charge in [-0.2, -0.15) is 0 Å². The first-order valence-electron chi connectivity index (χ1n) is 6.72. The van der Waals surface area contributed by atoms with Gasteiger partial charge in [0.05, 0.1) is 11.6 Å². The normalized spacial score (nSPS) is 18.2. The van der Waals surface area contributed by atoms with Crippen molar-refractivity contribution in [1.82, 2.24) is 20.2 Å². The van der Waals surface area contributed by atoms with E-state index in [4.69, 9.17) is 0 Å². The number of hydrogen-bond acceptors (Lipinski definition) is 5. The molecule has 1 aliphatic rings. The minimum absolute atomic E-state index is 0.0962. The summed E-state index contributed by atoms with van der Waals surface area (Å²) in [5, 5.41) is 5.64. The molecule has 0 unspecified atom stereocenters. The fourth-order valence-electron chi connectivity index (χ4n) is 2.20. The van der Waals surface area contributed by atoms with Gasteiger partial charge in [-0.05, 0) is 6.42 Å². The highest BCUT2D eigenvalue weighted by atomic mass is 16.2. The zero-order valence-electron chi connectivity index (χ0n) is 11.7. The van der Waals surface area contributed by atoms with E-state index in [0.717, 1.165) is 13.0 Å². The topological polar surface area (TPSA) is 87.2 Å². The first-order valence-corrected chi connectivity index (χ1v) is 6.72. The second-order valence-corrected chi connectivity index (χ2v) is 4.76. The summed E-state index contributed by atoms with van der Waals surface area (Å²) in [4.78, 5) is 33.5. The molecule has 1 aliphatic heterocycles. The van der Waals surface area contributed by atoms with Gasteiger partial charge in [-0.25, -0.2) is 9.97 Å². The average molecular weight is 277 g/mol. The summed E-state index contributed by atoms with van der Waals surface area (Å²) in [7, 11) is 1.71. The van der Waals surface area contributed by atoms with Crippen LogP contribution in [0.4, 0.5) is 5.95 Å². The lowest BCUT2D eigenvalue weighted by Crippen LogP contribution is -2.37. The van der Waals surface area contributed by atoms with Crippen molar-refractivity contribution in [3.8, 4) is 0 Å².